The zero-order valence-corrected chi connectivity index (χ0v) is 22.7. The van der Waals surface area contributed by atoms with E-state index in [1.54, 1.807) is 13.0 Å². The number of carbonyl (C=O) groups excluding carboxylic acids is 1. The maximum absolute atomic E-state index is 12.4. The summed E-state index contributed by atoms with van der Waals surface area (Å²) in [5.41, 5.74) is -0.607. The van der Waals surface area contributed by atoms with Crippen molar-refractivity contribution < 1.29 is 44.5 Å². The molecule has 2 heterocycles. The molecule has 0 radical (unpaired) electrons. The van der Waals surface area contributed by atoms with Gasteiger partial charge in [0.1, 0.15) is 24.9 Å². The van der Waals surface area contributed by atoms with Crippen LogP contribution in [-0.2, 0) is 19.0 Å². The number of esters is 1. The molecule has 14 atom stereocenters. The number of aliphatic hydroxyl groups is 5. The van der Waals surface area contributed by atoms with Crippen molar-refractivity contribution in [3.63, 3.8) is 0 Å². The van der Waals surface area contributed by atoms with Crippen LogP contribution >= 0.6 is 0 Å². The fraction of sp³-hybridized carbons (Fsp3) is 0.897. The summed E-state index contributed by atoms with van der Waals surface area (Å²) in [6.45, 7) is 6.32. The second-order valence-corrected chi connectivity index (χ2v) is 13.7. The van der Waals surface area contributed by atoms with Crippen LogP contribution in [-0.4, -0.2) is 86.6 Å². The Morgan fingerprint density at radius 1 is 1.00 bits per heavy atom. The molecule has 5 fully saturated rings. The van der Waals surface area contributed by atoms with E-state index in [1.807, 2.05) is 0 Å². The fourth-order valence-electron chi connectivity index (χ4n) is 9.91. The number of fused-ring (bicyclic) bond motifs is 5. The third kappa shape index (κ3) is 3.80. The fourth-order valence-corrected chi connectivity index (χ4v) is 9.91. The van der Waals surface area contributed by atoms with Crippen LogP contribution in [0.1, 0.15) is 72.1 Å². The standard InChI is InChI=1S/C29H44O9/c1-14-23(32)24(33)25(34)26(37-14)38-17-6-8-27(2)16(11-17)4-5-19-22(27)20(30)12-28(3)18(7-9-29(19,28)35)15-10-21(31)36-13-15/h10,14,16-20,22-26,30,32-35H,4-9,11-13H2,1-3H3/t14-,16-,17+,18-,19-,20-,22+,23+,24+,25+,26-,27+,28-,29+/m1/s1. The zero-order chi connectivity index (χ0) is 27.2. The lowest BCUT2D eigenvalue weighted by atomic mass is 9.42. The van der Waals surface area contributed by atoms with Gasteiger partial charge in [-0.15, -0.1) is 0 Å². The molecule has 0 spiro atoms. The molecule has 4 aliphatic carbocycles. The van der Waals surface area contributed by atoms with Gasteiger partial charge >= 0.3 is 5.97 Å². The van der Waals surface area contributed by atoms with Gasteiger partial charge in [0.15, 0.2) is 6.29 Å². The smallest absolute Gasteiger partial charge is 0.331 e. The Kier molecular flexibility index (Phi) is 6.58. The van der Waals surface area contributed by atoms with E-state index in [0.29, 0.717) is 18.8 Å². The zero-order valence-electron chi connectivity index (χ0n) is 22.7. The maximum atomic E-state index is 12.4. The van der Waals surface area contributed by atoms with Gasteiger partial charge in [-0.25, -0.2) is 4.79 Å². The van der Waals surface area contributed by atoms with Crippen LogP contribution in [0.2, 0.25) is 0 Å². The summed E-state index contributed by atoms with van der Waals surface area (Å²) in [5, 5.41) is 54.7. The highest BCUT2D eigenvalue weighted by Crippen LogP contribution is 2.70. The van der Waals surface area contributed by atoms with Crippen molar-refractivity contribution in [1.29, 1.82) is 0 Å². The Morgan fingerprint density at radius 2 is 1.76 bits per heavy atom. The van der Waals surface area contributed by atoms with E-state index in [0.717, 1.165) is 44.1 Å². The molecule has 9 heteroatoms. The quantitative estimate of drug-likeness (QED) is 0.267. The van der Waals surface area contributed by atoms with Crippen molar-refractivity contribution in [2.24, 2.45) is 34.5 Å². The second kappa shape index (κ2) is 9.23. The van der Waals surface area contributed by atoms with E-state index in [-0.39, 0.29) is 41.8 Å². The Balaban J connectivity index is 1.19. The lowest BCUT2D eigenvalue weighted by Crippen LogP contribution is -2.66. The van der Waals surface area contributed by atoms with E-state index in [4.69, 9.17) is 14.2 Å². The van der Waals surface area contributed by atoms with Gasteiger partial charge in [-0.1, -0.05) is 13.8 Å². The molecule has 9 nitrogen and oxygen atoms in total. The highest BCUT2D eigenvalue weighted by atomic mass is 16.7. The van der Waals surface area contributed by atoms with Gasteiger partial charge in [-0.05, 0) is 93.0 Å². The number of rotatable bonds is 3. The first kappa shape index (κ1) is 27.1. The average Bonchev–Trinajstić information content (AvgIpc) is 3.41. The van der Waals surface area contributed by atoms with Gasteiger partial charge in [0.25, 0.3) is 0 Å². The van der Waals surface area contributed by atoms with E-state index in [2.05, 4.69) is 13.8 Å². The van der Waals surface area contributed by atoms with Crippen molar-refractivity contribution in [2.75, 3.05) is 6.61 Å². The number of aliphatic hydroxyl groups excluding tert-OH is 4. The first-order chi connectivity index (χ1) is 17.9. The summed E-state index contributed by atoms with van der Waals surface area (Å²) in [6, 6.07) is 0. The maximum Gasteiger partial charge on any atom is 0.331 e. The molecule has 1 saturated heterocycles. The molecule has 38 heavy (non-hydrogen) atoms. The highest BCUT2D eigenvalue weighted by Gasteiger charge is 2.70. The van der Waals surface area contributed by atoms with E-state index in [9.17, 15) is 30.3 Å². The molecule has 6 rings (SSSR count). The predicted octanol–water partition coefficient (Wildman–Crippen LogP) is 1.43. The number of hydrogen-bond donors (Lipinski definition) is 5. The average molecular weight is 537 g/mol. The Hall–Kier alpha value is -1.07. The van der Waals surface area contributed by atoms with Crippen LogP contribution in [0, 0.1) is 34.5 Å². The van der Waals surface area contributed by atoms with Crippen LogP contribution in [0.15, 0.2) is 11.6 Å². The lowest BCUT2D eigenvalue weighted by molar-refractivity contribution is -0.311. The third-order valence-corrected chi connectivity index (χ3v) is 12.0. The minimum atomic E-state index is -1.32. The van der Waals surface area contributed by atoms with Crippen LogP contribution < -0.4 is 0 Å². The monoisotopic (exact) mass is 536 g/mol. The topological polar surface area (TPSA) is 146 Å². The van der Waals surface area contributed by atoms with Gasteiger partial charge in [0.2, 0.25) is 0 Å². The summed E-state index contributed by atoms with van der Waals surface area (Å²) in [6.07, 6.45) is 1.49. The van der Waals surface area contributed by atoms with E-state index >= 15 is 0 Å². The van der Waals surface area contributed by atoms with Crippen LogP contribution in [0.3, 0.4) is 0 Å². The number of ether oxygens (including phenoxy) is 3. The van der Waals surface area contributed by atoms with Crippen molar-refractivity contribution in [2.45, 2.75) is 121 Å². The highest BCUT2D eigenvalue weighted by molar-refractivity contribution is 5.85. The molecule has 0 unspecified atom stereocenters. The molecule has 2 aliphatic heterocycles. The Labute approximate surface area is 224 Å². The molecule has 0 bridgehead atoms. The molecule has 4 saturated carbocycles. The summed E-state index contributed by atoms with van der Waals surface area (Å²) < 4.78 is 17.1. The number of hydrogen-bond acceptors (Lipinski definition) is 9. The van der Waals surface area contributed by atoms with E-state index in [1.165, 1.54) is 0 Å². The van der Waals surface area contributed by atoms with Gasteiger partial charge in [-0.2, -0.15) is 0 Å². The van der Waals surface area contributed by atoms with Crippen molar-refractivity contribution >= 4 is 5.97 Å². The van der Waals surface area contributed by atoms with Crippen molar-refractivity contribution in [1.82, 2.24) is 0 Å². The summed E-state index contributed by atoms with van der Waals surface area (Å²) in [4.78, 5) is 11.8. The van der Waals surface area contributed by atoms with Gasteiger partial charge in [0.05, 0.1) is 23.9 Å². The molecule has 5 N–H and O–H groups in total. The van der Waals surface area contributed by atoms with Gasteiger partial charge in [0, 0.05) is 11.5 Å². The van der Waals surface area contributed by atoms with Crippen LogP contribution in [0.5, 0.6) is 0 Å². The number of carbonyl (C=O) groups is 1. The summed E-state index contributed by atoms with van der Waals surface area (Å²) in [5.74, 6) is -0.0314. The van der Waals surface area contributed by atoms with Gasteiger partial charge in [-0.3, -0.25) is 0 Å². The molecule has 6 aliphatic rings. The number of cyclic esters (lactones) is 1. The van der Waals surface area contributed by atoms with Crippen molar-refractivity contribution in [3.8, 4) is 0 Å². The molecule has 0 aromatic carbocycles. The first-order valence-corrected chi connectivity index (χ1v) is 14.5. The lowest BCUT2D eigenvalue weighted by Gasteiger charge is -2.65. The SMILES string of the molecule is C[C@H]1O[C@H](O[C@H]2CC[C@@]3(C)[C@H](CC[C@@H]4[C@H]3[C@H](O)C[C@]3(C)[C@@H](C5=CC(=O)OC5)CC[C@]43O)C2)[C@@H](O)[C@@H](O)[C@H]1O. The largest absolute Gasteiger partial charge is 0.458 e. The molecular formula is C29H44O9. The van der Waals surface area contributed by atoms with E-state index < -0.39 is 47.8 Å². The van der Waals surface area contributed by atoms with Crippen LogP contribution in [0.4, 0.5) is 0 Å². The predicted molar refractivity (Wildman–Crippen MR) is 134 cm³/mol. The van der Waals surface area contributed by atoms with Crippen molar-refractivity contribution in [3.05, 3.63) is 11.6 Å². The Bertz CT molecular complexity index is 985. The minimum absolute atomic E-state index is 0.0143. The van der Waals surface area contributed by atoms with Gasteiger partial charge < -0.3 is 39.7 Å². The summed E-state index contributed by atoms with van der Waals surface area (Å²) in [7, 11) is 0. The molecular weight excluding hydrogens is 492 g/mol. The normalized spacial score (nSPS) is 56.5. The Morgan fingerprint density at radius 3 is 2.47 bits per heavy atom. The summed E-state index contributed by atoms with van der Waals surface area (Å²) >= 11 is 0. The first-order valence-electron chi connectivity index (χ1n) is 14.5. The second-order valence-electron chi connectivity index (χ2n) is 13.7. The molecule has 0 amide bonds. The third-order valence-electron chi connectivity index (χ3n) is 12.0. The molecule has 0 aromatic rings. The van der Waals surface area contributed by atoms with Crippen LogP contribution in [0.25, 0.3) is 0 Å². The molecule has 214 valence electrons. The molecule has 0 aromatic heterocycles. The minimum Gasteiger partial charge on any atom is -0.458 e.